The number of halogens is 2. The fourth-order valence-electron chi connectivity index (χ4n) is 5.62. The maximum atomic E-state index is 6.52. The van der Waals surface area contributed by atoms with Crippen molar-refractivity contribution in [2.24, 2.45) is 17.8 Å². The Morgan fingerprint density at radius 1 is 0.821 bits per heavy atom. The van der Waals surface area contributed by atoms with E-state index in [1.54, 1.807) is 5.57 Å². The molecule has 39 heavy (non-hydrogen) atoms. The molecule has 0 aliphatic heterocycles. The molecule has 2 saturated carbocycles. The van der Waals surface area contributed by atoms with Crippen molar-refractivity contribution in [3.63, 3.8) is 0 Å². The first kappa shape index (κ1) is 35.7. The van der Waals surface area contributed by atoms with Crippen LogP contribution in [0.25, 0.3) is 0 Å². The zero-order chi connectivity index (χ0) is 29.8. The molecular weight excluding hydrogens is 635 g/mol. The van der Waals surface area contributed by atoms with Crippen molar-refractivity contribution in [1.82, 2.24) is 0 Å². The van der Waals surface area contributed by atoms with Crippen LogP contribution < -0.4 is 0 Å². The van der Waals surface area contributed by atoms with Crippen LogP contribution in [0.1, 0.15) is 99.3 Å². The molecule has 2 fully saturated rings. The minimum absolute atomic E-state index is 0.256. The normalized spacial score (nSPS) is 25.3. The van der Waals surface area contributed by atoms with Crippen LogP contribution in [0.5, 0.6) is 0 Å². The Balaban J connectivity index is 0.000000249. The van der Waals surface area contributed by atoms with Gasteiger partial charge in [0.05, 0.1) is 0 Å². The summed E-state index contributed by atoms with van der Waals surface area (Å²) in [5.74, 6) is 4.57. The van der Waals surface area contributed by atoms with Gasteiger partial charge in [0.1, 0.15) is 0 Å². The molecule has 3 unspecified atom stereocenters. The Labute approximate surface area is 263 Å². The molecule has 4 rings (SSSR count). The van der Waals surface area contributed by atoms with E-state index >= 15 is 0 Å². The predicted octanol–water partition coefficient (Wildman–Crippen LogP) is 11.9. The van der Waals surface area contributed by atoms with Gasteiger partial charge in [0.25, 0.3) is 0 Å². The summed E-state index contributed by atoms with van der Waals surface area (Å²) in [7, 11) is 6.48. The number of hydrogen-bond donors (Lipinski definition) is 0. The molecule has 2 nitrogen and oxygen atoms in total. The van der Waals surface area contributed by atoms with Crippen LogP contribution in [0.4, 0.5) is 0 Å². The molecule has 0 saturated heterocycles. The van der Waals surface area contributed by atoms with E-state index in [9.17, 15) is 0 Å². The Bertz CT molecular complexity index is 925. The minimum atomic E-state index is -1.72. The van der Waals surface area contributed by atoms with Gasteiger partial charge >= 0.3 is 37.9 Å². The van der Waals surface area contributed by atoms with Crippen molar-refractivity contribution in [2.75, 3.05) is 0 Å². The van der Waals surface area contributed by atoms with E-state index in [0.717, 1.165) is 24.0 Å². The molecule has 0 bridgehead atoms. The van der Waals surface area contributed by atoms with Crippen LogP contribution in [-0.2, 0) is 29.7 Å². The van der Waals surface area contributed by atoms with Crippen LogP contribution in [0, 0.1) is 31.6 Å². The topological polar surface area (TPSA) is 18.5 Å². The van der Waals surface area contributed by atoms with E-state index < -0.39 is 37.5 Å². The summed E-state index contributed by atoms with van der Waals surface area (Å²) in [5.41, 5.74) is 4.09. The average molecular weight is 691 g/mol. The van der Waals surface area contributed by atoms with Crippen LogP contribution in [-0.4, -0.2) is 16.6 Å². The second-order valence-electron chi connectivity index (χ2n) is 15.0. The first-order chi connectivity index (χ1) is 17.9. The second kappa shape index (κ2) is 14.3. The van der Waals surface area contributed by atoms with Crippen molar-refractivity contribution in [3.05, 3.63) is 48.2 Å². The summed E-state index contributed by atoms with van der Waals surface area (Å²) in [5, 5.41) is 0.542. The zero-order valence-corrected chi connectivity index (χ0v) is 32.6. The molecule has 3 atom stereocenters. The molecule has 222 valence electrons. The molecule has 0 aromatic carbocycles. The van der Waals surface area contributed by atoms with Gasteiger partial charge in [0.2, 0.25) is 16.6 Å². The molecule has 7 heteroatoms. The number of rotatable bonds is 4. The summed E-state index contributed by atoms with van der Waals surface area (Å²) >= 11 is -0.826. The first-order valence-corrected chi connectivity index (χ1v) is 27.2. The van der Waals surface area contributed by atoms with E-state index in [-0.39, 0.29) is 10.1 Å². The first-order valence-electron chi connectivity index (χ1n) is 15.0. The SMILES string of the molecule is [CH2-]C1=C(O[Si](C)(C)C(C)(C)C)CC2CCCCC12.[CH2-]C1=C2CCCCC2C=C1O[Si](C)(C)C(C)(C)C.[Cl][Zr+2][Cl]. The zero-order valence-electron chi connectivity index (χ0n) is 26.7. The van der Waals surface area contributed by atoms with Crippen LogP contribution in [0.3, 0.4) is 0 Å². The summed E-state index contributed by atoms with van der Waals surface area (Å²) < 4.78 is 13.0. The van der Waals surface area contributed by atoms with Crippen molar-refractivity contribution < 1.29 is 29.7 Å². The molecule has 0 heterocycles. The van der Waals surface area contributed by atoms with Crippen LogP contribution in [0.15, 0.2) is 34.3 Å². The van der Waals surface area contributed by atoms with E-state index in [4.69, 9.17) is 25.9 Å². The third kappa shape index (κ3) is 9.22. The van der Waals surface area contributed by atoms with Crippen LogP contribution in [0.2, 0.25) is 36.3 Å². The third-order valence-electron chi connectivity index (χ3n) is 10.2. The van der Waals surface area contributed by atoms with Crippen molar-refractivity contribution in [1.29, 1.82) is 0 Å². The Morgan fingerprint density at radius 3 is 1.85 bits per heavy atom. The van der Waals surface area contributed by atoms with Gasteiger partial charge in [-0.2, -0.15) is 23.6 Å². The molecule has 0 amide bonds. The van der Waals surface area contributed by atoms with Gasteiger partial charge < -0.3 is 8.85 Å². The third-order valence-corrected chi connectivity index (χ3v) is 18.9. The van der Waals surface area contributed by atoms with E-state index in [1.807, 2.05) is 0 Å². The molecule has 0 N–H and O–H groups in total. The van der Waals surface area contributed by atoms with Crippen molar-refractivity contribution in [3.8, 4) is 0 Å². The van der Waals surface area contributed by atoms with Gasteiger partial charge in [-0.1, -0.05) is 105 Å². The van der Waals surface area contributed by atoms with Crippen LogP contribution >= 0.6 is 17.0 Å². The summed E-state index contributed by atoms with van der Waals surface area (Å²) in [6.45, 7) is 31.7. The van der Waals surface area contributed by atoms with E-state index in [0.29, 0.717) is 5.92 Å². The number of fused-ring (bicyclic) bond motifs is 2. The molecule has 0 aromatic heterocycles. The molecular formula is C32H56Cl2O2Si2Zr. The fourth-order valence-corrected chi connectivity index (χ4v) is 7.80. The Kier molecular flexibility index (Phi) is 13.1. The van der Waals surface area contributed by atoms with Crippen molar-refractivity contribution in [2.45, 2.75) is 136 Å². The van der Waals surface area contributed by atoms with E-state index in [2.05, 4.69) is 87.7 Å². The van der Waals surface area contributed by atoms with Gasteiger partial charge in [0.15, 0.2) is 0 Å². The van der Waals surface area contributed by atoms with E-state index in [1.165, 1.54) is 68.3 Å². The standard InChI is InChI=1S/C16H29OSi.C16H27OSi.2ClH.Zr/c2*1-12-14-10-8-7-9-13(14)11-15(12)17-18(5,6)16(2,3)4;;;/h13-14H,1,7-11H2,2-6H3;11,13H,1,7-10H2,2-6H3;2*1H;/q2*-1;;;+4/p-2. The maximum absolute atomic E-state index is 6.52. The Morgan fingerprint density at radius 2 is 1.33 bits per heavy atom. The van der Waals surface area contributed by atoms with Gasteiger partial charge in [-0.15, -0.1) is 6.08 Å². The number of allylic oxidation sites excluding steroid dienone is 5. The molecule has 4 aliphatic rings. The van der Waals surface area contributed by atoms with Gasteiger partial charge in [-0.25, -0.2) is 6.92 Å². The molecule has 0 radical (unpaired) electrons. The van der Waals surface area contributed by atoms with Gasteiger partial charge in [0, 0.05) is 0 Å². The second-order valence-corrected chi connectivity index (χ2v) is 28.2. The summed E-state index contributed by atoms with van der Waals surface area (Å²) in [6, 6.07) is 0. The molecule has 0 spiro atoms. The predicted molar refractivity (Wildman–Crippen MR) is 173 cm³/mol. The average Bonchev–Trinajstić information content (AvgIpc) is 3.29. The molecule has 4 aliphatic carbocycles. The monoisotopic (exact) mass is 688 g/mol. The molecule has 0 aromatic rings. The summed E-state index contributed by atoms with van der Waals surface area (Å²) in [6.07, 6.45) is 14.2. The fraction of sp³-hybridized carbons (Fsp3) is 0.750. The Hall–Kier alpha value is 0.457. The van der Waals surface area contributed by atoms with Gasteiger partial charge in [-0.05, 0) is 60.3 Å². The number of hydrogen-bond acceptors (Lipinski definition) is 2. The summed E-state index contributed by atoms with van der Waals surface area (Å²) in [4.78, 5) is 0. The van der Waals surface area contributed by atoms with Gasteiger partial charge in [-0.3, -0.25) is 0 Å². The van der Waals surface area contributed by atoms with Crippen molar-refractivity contribution >= 4 is 33.7 Å². The quantitative estimate of drug-likeness (QED) is 0.216.